The van der Waals surface area contributed by atoms with Crippen LogP contribution in [0.4, 0.5) is 0 Å². The zero-order valence-corrected chi connectivity index (χ0v) is 29.3. The minimum Gasteiger partial charge on any atom is -0.456 e. The van der Waals surface area contributed by atoms with Gasteiger partial charge in [0.15, 0.2) is 17.5 Å². The van der Waals surface area contributed by atoms with Gasteiger partial charge in [-0.15, -0.1) is 0 Å². The molecule has 0 radical (unpaired) electrons. The highest BCUT2D eigenvalue weighted by molar-refractivity contribution is 6.23. The van der Waals surface area contributed by atoms with Gasteiger partial charge in [-0.25, -0.2) is 15.0 Å². The Bertz CT molecular complexity index is 3500. The lowest BCUT2D eigenvalue weighted by molar-refractivity contribution is 0.668. The Hall–Kier alpha value is -7.57. The number of rotatable bonds is 4. The molecule has 0 amide bonds. The highest BCUT2D eigenvalue weighted by Crippen LogP contribution is 2.43. The largest absolute Gasteiger partial charge is 0.456 e. The fourth-order valence-electron chi connectivity index (χ4n) is 8.38. The highest BCUT2D eigenvalue weighted by atomic mass is 16.3. The summed E-state index contributed by atoms with van der Waals surface area (Å²) in [6.07, 6.45) is 0. The van der Waals surface area contributed by atoms with Crippen molar-refractivity contribution >= 4 is 76.5 Å². The van der Waals surface area contributed by atoms with Crippen LogP contribution < -0.4 is 0 Å². The number of hydrogen-bond acceptors (Lipinski definition) is 5. The number of hydrogen-bond donors (Lipinski definition) is 0. The molecule has 0 aliphatic rings. The van der Waals surface area contributed by atoms with E-state index >= 15 is 0 Å². The normalized spacial score (nSPS) is 12.0. The number of para-hydroxylation sites is 3. The molecule has 0 fully saturated rings. The van der Waals surface area contributed by atoms with Gasteiger partial charge in [-0.2, -0.15) is 0 Å². The third-order valence-electron chi connectivity index (χ3n) is 10.9. The van der Waals surface area contributed by atoms with E-state index in [1.807, 2.05) is 66.7 Å². The summed E-state index contributed by atoms with van der Waals surface area (Å²) in [5, 5.41) is 9.02. The summed E-state index contributed by atoms with van der Waals surface area (Å²) in [4.78, 5) is 15.3. The van der Waals surface area contributed by atoms with E-state index in [9.17, 15) is 0 Å². The van der Waals surface area contributed by atoms with E-state index in [0.717, 1.165) is 71.7 Å². The minimum absolute atomic E-state index is 0.525. The summed E-state index contributed by atoms with van der Waals surface area (Å²) >= 11 is 0. The molecule has 55 heavy (non-hydrogen) atoms. The molecular formula is C49H28N4O2. The lowest BCUT2D eigenvalue weighted by Crippen LogP contribution is -2.01. The third kappa shape index (κ3) is 4.46. The first kappa shape index (κ1) is 29.9. The van der Waals surface area contributed by atoms with Crippen molar-refractivity contribution < 1.29 is 8.83 Å². The third-order valence-corrected chi connectivity index (χ3v) is 10.9. The SMILES string of the molecule is c1ccc(-c2nc(-c3ccc4c(c3)oc3ccccc34)nc(-c3ccc(-n4c5ccccc5c5c6ccccc6ccc54)c4c3oc3ccccc34)n2)cc1. The van der Waals surface area contributed by atoms with Gasteiger partial charge >= 0.3 is 0 Å². The molecule has 4 aromatic heterocycles. The fraction of sp³-hybridized carbons (Fsp3) is 0. The molecule has 0 atom stereocenters. The zero-order chi connectivity index (χ0) is 36.0. The molecule has 0 aliphatic heterocycles. The predicted octanol–water partition coefficient (Wildman–Crippen LogP) is 12.9. The fourth-order valence-corrected chi connectivity index (χ4v) is 8.38. The quantitative estimate of drug-likeness (QED) is 0.182. The molecule has 0 unspecified atom stereocenters. The highest BCUT2D eigenvalue weighted by Gasteiger charge is 2.23. The van der Waals surface area contributed by atoms with Crippen LogP contribution in [0.25, 0.3) is 116 Å². The van der Waals surface area contributed by atoms with E-state index in [1.54, 1.807) is 0 Å². The number of furan rings is 2. The average molecular weight is 705 g/mol. The van der Waals surface area contributed by atoms with Crippen LogP contribution in [0, 0.1) is 0 Å². The standard InChI is InChI=1S/C49H28N4O2/c1-2-13-30(14-3-1)47-50-48(31-22-24-34-33-16-7-10-20-41(33)54-43(34)28-31)52-49(51-47)37-25-27-40(45-36-18-8-11-21-42(36)55-46(37)45)53-38-19-9-6-17-35(38)44-32-15-5-4-12-29(32)23-26-39(44)53/h1-28H. The van der Waals surface area contributed by atoms with E-state index in [-0.39, 0.29) is 0 Å². The molecule has 12 aromatic rings. The molecular weight excluding hydrogens is 677 g/mol. The van der Waals surface area contributed by atoms with Gasteiger partial charge in [0.2, 0.25) is 0 Å². The van der Waals surface area contributed by atoms with Crippen molar-refractivity contribution in [3.8, 4) is 39.9 Å². The maximum atomic E-state index is 6.82. The van der Waals surface area contributed by atoms with Crippen molar-refractivity contribution in [1.29, 1.82) is 0 Å². The van der Waals surface area contributed by atoms with Gasteiger partial charge in [0.1, 0.15) is 22.3 Å². The first-order valence-corrected chi connectivity index (χ1v) is 18.4. The molecule has 0 N–H and O–H groups in total. The van der Waals surface area contributed by atoms with E-state index in [2.05, 4.69) is 108 Å². The maximum absolute atomic E-state index is 6.82. The molecule has 0 saturated heterocycles. The van der Waals surface area contributed by atoms with Crippen molar-refractivity contribution in [3.63, 3.8) is 0 Å². The van der Waals surface area contributed by atoms with Gasteiger partial charge in [-0.1, -0.05) is 121 Å². The van der Waals surface area contributed by atoms with Gasteiger partial charge in [0.05, 0.1) is 27.7 Å². The Morgan fingerprint density at radius 2 is 1.04 bits per heavy atom. The Balaban J connectivity index is 1.13. The van der Waals surface area contributed by atoms with Gasteiger partial charge in [0.25, 0.3) is 0 Å². The number of benzene rings is 8. The monoisotopic (exact) mass is 704 g/mol. The molecule has 0 spiro atoms. The summed E-state index contributed by atoms with van der Waals surface area (Å²) in [5.41, 5.74) is 8.95. The van der Waals surface area contributed by atoms with Crippen molar-refractivity contribution in [1.82, 2.24) is 19.5 Å². The van der Waals surface area contributed by atoms with Crippen molar-refractivity contribution in [2.75, 3.05) is 0 Å². The molecule has 0 aliphatic carbocycles. The zero-order valence-electron chi connectivity index (χ0n) is 29.3. The van der Waals surface area contributed by atoms with Crippen molar-refractivity contribution in [2.24, 2.45) is 0 Å². The van der Waals surface area contributed by atoms with Crippen LogP contribution in [-0.2, 0) is 0 Å². The van der Waals surface area contributed by atoms with Gasteiger partial charge in [-0.05, 0) is 59.3 Å². The Kier molecular flexibility index (Phi) is 6.24. The van der Waals surface area contributed by atoms with Crippen LogP contribution in [0.5, 0.6) is 0 Å². The van der Waals surface area contributed by atoms with E-state index < -0.39 is 0 Å². The van der Waals surface area contributed by atoms with E-state index in [4.69, 9.17) is 23.8 Å². The molecule has 0 saturated carbocycles. The van der Waals surface area contributed by atoms with Crippen LogP contribution in [0.15, 0.2) is 179 Å². The second-order valence-corrected chi connectivity index (χ2v) is 13.9. The van der Waals surface area contributed by atoms with Crippen molar-refractivity contribution in [2.45, 2.75) is 0 Å². The van der Waals surface area contributed by atoms with Gasteiger partial charge < -0.3 is 13.4 Å². The number of fused-ring (bicyclic) bond motifs is 11. The maximum Gasteiger partial charge on any atom is 0.167 e. The van der Waals surface area contributed by atoms with Crippen LogP contribution >= 0.6 is 0 Å². The lowest BCUT2D eigenvalue weighted by Gasteiger charge is -2.13. The van der Waals surface area contributed by atoms with Crippen molar-refractivity contribution in [3.05, 3.63) is 170 Å². The average Bonchev–Trinajstić information content (AvgIpc) is 3.93. The summed E-state index contributed by atoms with van der Waals surface area (Å²) < 4.78 is 15.5. The lowest BCUT2D eigenvalue weighted by atomic mass is 10.0. The summed E-state index contributed by atoms with van der Waals surface area (Å²) in [6, 6.07) is 58.6. The number of aromatic nitrogens is 4. The predicted molar refractivity (Wildman–Crippen MR) is 223 cm³/mol. The second kappa shape index (κ2) is 11.5. The van der Waals surface area contributed by atoms with E-state index in [0.29, 0.717) is 23.1 Å². The Morgan fingerprint density at radius 3 is 1.89 bits per heavy atom. The smallest absolute Gasteiger partial charge is 0.167 e. The van der Waals surface area contributed by atoms with Gasteiger partial charge in [0, 0.05) is 38.1 Å². The molecule has 256 valence electrons. The molecule has 4 heterocycles. The molecule has 12 rings (SSSR count). The molecule has 6 nitrogen and oxygen atoms in total. The number of nitrogens with zero attached hydrogens (tertiary/aromatic N) is 4. The molecule has 8 aromatic carbocycles. The minimum atomic E-state index is 0.525. The topological polar surface area (TPSA) is 69.9 Å². The molecule has 0 bridgehead atoms. The summed E-state index contributed by atoms with van der Waals surface area (Å²) in [5.74, 6) is 1.65. The van der Waals surface area contributed by atoms with Gasteiger partial charge in [-0.3, -0.25) is 0 Å². The van der Waals surface area contributed by atoms with Crippen LogP contribution in [0.1, 0.15) is 0 Å². The van der Waals surface area contributed by atoms with Crippen LogP contribution in [-0.4, -0.2) is 19.5 Å². The van der Waals surface area contributed by atoms with E-state index in [1.165, 1.54) is 21.5 Å². The Labute approximate surface area is 313 Å². The summed E-state index contributed by atoms with van der Waals surface area (Å²) in [6.45, 7) is 0. The Morgan fingerprint density at radius 1 is 0.382 bits per heavy atom. The van der Waals surface area contributed by atoms with Crippen LogP contribution in [0.3, 0.4) is 0 Å². The molecule has 6 heteroatoms. The second-order valence-electron chi connectivity index (χ2n) is 13.9. The first-order valence-electron chi connectivity index (χ1n) is 18.4. The van der Waals surface area contributed by atoms with Crippen LogP contribution in [0.2, 0.25) is 0 Å². The first-order chi connectivity index (χ1) is 27.3. The summed E-state index contributed by atoms with van der Waals surface area (Å²) in [7, 11) is 0.